The van der Waals surface area contributed by atoms with E-state index >= 15 is 0 Å². The Kier molecular flexibility index (Phi) is 6.89. The van der Waals surface area contributed by atoms with E-state index in [1.807, 2.05) is 18.2 Å². The van der Waals surface area contributed by atoms with Gasteiger partial charge in [0.15, 0.2) is 0 Å². The molecule has 3 nitrogen and oxygen atoms in total. The maximum absolute atomic E-state index is 5.88. The van der Waals surface area contributed by atoms with Gasteiger partial charge in [-0.3, -0.25) is 4.90 Å². The zero-order valence-corrected chi connectivity index (χ0v) is 15.4. The van der Waals surface area contributed by atoms with E-state index in [9.17, 15) is 0 Å². The highest BCUT2D eigenvalue weighted by Crippen LogP contribution is 2.16. The SMILES string of the molecule is CCCN1CCCN(Cc2ccc(OCc3ccccc3)cc2)CC1. The average molecular weight is 338 g/mol. The molecule has 2 aromatic rings. The zero-order chi connectivity index (χ0) is 17.3. The van der Waals surface area contributed by atoms with Crippen LogP contribution in [-0.2, 0) is 13.2 Å². The molecule has 0 N–H and O–H groups in total. The van der Waals surface area contributed by atoms with E-state index in [-0.39, 0.29) is 0 Å². The molecular formula is C22H30N2O. The standard InChI is InChI=1S/C22H30N2O/c1-2-13-23-14-6-15-24(17-16-23)18-20-9-11-22(12-10-20)25-19-21-7-4-3-5-8-21/h3-5,7-12H,2,6,13-19H2,1H3. The van der Waals surface area contributed by atoms with Gasteiger partial charge >= 0.3 is 0 Å². The molecule has 0 atom stereocenters. The van der Waals surface area contributed by atoms with Gasteiger partial charge < -0.3 is 9.64 Å². The van der Waals surface area contributed by atoms with Crippen LogP contribution in [0.25, 0.3) is 0 Å². The van der Waals surface area contributed by atoms with E-state index in [0.29, 0.717) is 6.61 Å². The minimum atomic E-state index is 0.625. The molecule has 0 amide bonds. The summed E-state index contributed by atoms with van der Waals surface area (Å²) < 4.78 is 5.88. The third-order valence-corrected chi connectivity index (χ3v) is 4.80. The van der Waals surface area contributed by atoms with E-state index in [1.54, 1.807) is 0 Å². The Morgan fingerprint density at radius 2 is 1.52 bits per heavy atom. The Morgan fingerprint density at radius 1 is 0.800 bits per heavy atom. The van der Waals surface area contributed by atoms with Gasteiger partial charge in [-0.1, -0.05) is 49.4 Å². The molecule has 0 bridgehead atoms. The van der Waals surface area contributed by atoms with Crippen molar-refractivity contribution in [2.75, 3.05) is 32.7 Å². The Morgan fingerprint density at radius 3 is 2.28 bits per heavy atom. The number of ether oxygens (including phenoxy) is 1. The van der Waals surface area contributed by atoms with Crippen molar-refractivity contribution >= 4 is 0 Å². The quantitative estimate of drug-likeness (QED) is 0.753. The summed E-state index contributed by atoms with van der Waals surface area (Å²) >= 11 is 0. The molecule has 0 spiro atoms. The van der Waals surface area contributed by atoms with E-state index < -0.39 is 0 Å². The van der Waals surface area contributed by atoms with Crippen LogP contribution in [0.5, 0.6) is 5.75 Å². The van der Waals surface area contributed by atoms with Crippen LogP contribution in [0.2, 0.25) is 0 Å². The van der Waals surface area contributed by atoms with Gasteiger partial charge in [0.25, 0.3) is 0 Å². The third kappa shape index (κ3) is 5.87. The summed E-state index contributed by atoms with van der Waals surface area (Å²) in [6.45, 7) is 9.99. The van der Waals surface area contributed by atoms with Crippen LogP contribution in [0.1, 0.15) is 30.9 Å². The smallest absolute Gasteiger partial charge is 0.119 e. The van der Waals surface area contributed by atoms with Crippen LogP contribution in [0, 0.1) is 0 Å². The first-order chi connectivity index (χ1) is 12.3. The summed E-state index contributed by atoms with van der Waals surface area (Å²) in [5, 5.41) is 0. The molecule has 0 aromatic heterocycles. The third-order valence-electron chi connectivity index (χ3n) is 4.80. The summed E-state index contributed by atoms with van der Waals surface area (Å²) in [6.07, 6.45) is 2.53. The number of hydrogen-bond donors (Lipinski definition) is 0. The molecule has 3 heteroatoms. The maximum Gasteiger partial charge on any atom is 0.119 e. The lowest BCUT2D eigenvalue weighted by atomic mass is 10.2. The second-order valence-electron chi connectivity index (χ2n) is 6.89. The highest BCUT2D eigenvalue weighted by molar-refractivity contribution is 5.27. The van der Waals surface area contributed by atoms with Crippen LogP contribution in [0.3, 0.4) is 0 Å². The lowest BCUT2D eigenvalue weighted by molar-refractivity contribution is 0.251. The average Bonchev–Trinajstić information content (AvgIpc) is 2.88. The highest BCUT2D eigenvalue weighted by atomic mass is 16.5. The van der Waals surface area contributed by atoms with Crippen molar-refractivity contribution in [1.82, 2.24) is 9.80 Å². The molecule has 3 rings (SSSR count). The van der Waals surface area contributed by atoms with Crippen LogP contribution < -0.4 is 4.74 Å². The number of hydrogen-bond acceptors (Lipinski definition) is 3. The van der Waals surface area contributed by atoms with Gasteiger partial charge in [-0.15, -0.1) is 0 Å². The summed E-state index contributed by atoms with van der Waals surface area (Å²) in [7, 11) is 0. The fourth-order valence-electron chi connectivity index (χ4n) is 3.41. The molecule has 1 aliphatic heterocycles. The monoisotopic (exact) mass is 338 g/mol. The lowest BCUT2D eigenvalue weighted by Gasteiger charge is -2.21. The number of rotatable bonds is 7. The van der Waals surface area contributed by atoms with Gasteiger partial charge in [-0.2, -0.15) is 0 Å². The van der Waals surface area contributed by atoms with Gasteiger partial charge in [-0.05, 0) is 55.7 Å². The maximum atomic E-state index is 5.88. The molecule has 2 aromatic carbocycles. The summed E-state index contributed by atoms with van der Waals surface area (Å²) in [6, 6.07) is 18.9. The topological polar surface area (TPSA) is 15.7 Å². The van der Waals surface area contributed by atoms with Crippen molar-refractivity contribution in [3.05, 3.63) is 65.7 Å². The first-order valence-corrected chi connectivity index (χ1v) is 9.54. The van der Waals surface area contributed by atoms with Gasteiger partial charge in [0.2, 0.25) is 0 Å². The molecule has 1 fully saturated rings. The molecule has 1 aliphatic rings. The Hall–Kier alpha value is -1.84. The fraction of sp³-hybridized carbons (Fsp3) is 0.455. The number of nitrogens with zero attached hydrogens (tertiary/aromatic N) is 2. The van der Waals surface area contributed by atoms with Crippen molar-refractivity contribution < 1.29 is 4.74 Å². The van der Waals surface area contributed by atoms with Crippen molar-refractivity contribution in [2.24, 2.45) is 0 Å². The van der Waals surface area contributed by atoms with Crippen LogP contribution in [0.15, 0.2) is 54.6 Å². The van der Waals surface area contributed by atoms with Crippen LogP contribution >= 0.6 is 0 Å². The van der Waals surface area contributed by atoms with Crippen LogP contribution in [0.4, 0.5) is 0 Å². The van der Waals surface area contributed by atoms with E-state index in [0.717, 1.165) is 12.3 Å². The van der Waals surface area contributed by atoms with E-state index in [4.69, 9.17) is 4.74 Å². The minimum Gasteiger partial charge on any atom is -0.489 e. The summed E-state index contributed by atoms with van der Waals surface area (Å²) in [5.41, 5.74) is 2.57. The second-order valence-corrected chi connectivity index (χ2v) is 6.89. The molecular weight excluding hydrogens is 308 g/mol. The molecule has 0 aliphatic carbocycles. The molecule has 1 heterocycles. The Bertz CT molecular complexity index is 612. The fourth-order valence-corrected chi connectivity index (χ4v) is 3.41. The Balaban J connectivity index is 1.47. The Labute approximate surface area is 152 Å². The molecule has 134 valence electrons. The summed E-state index contributed by atoms with van der Waals surface area (Å²) in [5.74, 6) is 0.942. The lowest BCUT2D eigenvalue weighted by Crippen LogP contribution is -2.31. The molecule has 25 heavy (non-hydrogen) atoms. The van der Waals surface area contributed by atoms with Gasteiger partial charge in [0, 0.05) is 19.6 Å². The summed E-state index contributed by atoms with van der Waals surface area (Å²) in [4.78, 5) is 5.18. The van der Waals surface area contributed by atoms with E-state index in [1.165, 1.54) is 56.7 Å². The predicted octanol–water partition coefficient (Wildman–Crippen LogP) is 4.18. The minimum absolute atomic E-state index is 0.625. The molecule has 1 saturated heterocycles. The van der Waals surface area contributed by atoms with Gasteiger partial charge in [0.1, 0.15) is 12.4 Å². The predicted molar refractivity (Wildman–Crippen MR) is 104 cm³/mol. The molecule has 0 unspecified atom stereocenters. The largest absolute Gasteiger partial charge is 0.489 e. The molecule has 0 saturated carbocycles. The zero-order valence-electron chi connectivity index (χ0n) is 15.4. The van der Waals surface area contributed by atoms with E-state index in [2.05, 4.69) is 53.1 Å². The van der Waals surface area contributed by atoms with Crippen LogP contribution in [-0.4, -0.2) is 42.5 Å². The number of benzene rings is 2. The first-order valence-electron chi connectivity index (χ1n) is 9.54. The first kappa shape index (κ1) is 18.0. The van der Waals surface area contributed by atoms with Crippen molar-refractivity contribution in [1.29, 1.82) is 0 Å². The highest BCUT2D eigenvalue weighted by Gasteiger charge is 2.14. The van der Waals surface area contributed by atoms with Gasteiger partial charge in [0.05, 0.1) is 0 Å². The normalized spacial score (nSPS) is 16.5. The van der Waals surface area contributed by atoms with Crippen molar-refractivity contribution in [3.8, 4) is 5.75 Å². The van der Waals surface area contributed by atoms with Crippen molar-refractivity contribution in [2.45, 2.75) is 32.9 Å². The van der Waals surface area contributed by atoms with Gasteiger partial charge in [-0.25, -0.2) is 0 Å². The van der Waals surface area contributed by atoms with Crippen molar-refractivity contribution in [3.63, 3.8) is 0 Å². The second kappa shape index (κ2) is 9.59. The molecule has 0 radical (unpaired) electrons.